The van der Waals surface area contributed by atoms with Crippen LogP contribution in [0.5, 0.6) is 0 Å². The summed E-state index contributed by atoms with van der Waals surface area (Å²) in [7, 11) is -1.51. The van der Waals surface area contributed by atoms with Crippen LogP contribution in [-0.4, -0.2) is 33.7 Å². The molecule has 1 aromatic rings. The van der Waals surface area contributed by atoms with Crippen molar-refractivity contribution in [2.24, 2.45) is 0 Å². The Kier molecular flexibility index (Phi) is 2.51. The minimum atomic E-state index is -1.51. The molecule has 0 amide bonds. The summed E-state index contributed by atoms with van der Waals surface area (Å²) in [6.07, 6.45) is 1.52. The first-order valence-electron chi connectivity index (χ1n) is 4.02. The van der Waals surface area contributed by atoms with Gasteiger partial charge in [0.1, 0.15) is 12.7 Å². The van der Waals surface area contributed by atoms with Crippen molar-refractivity contribution in [1.29, 1.82) is 0 Å². The lowest BCUT2D eigenvalue weighted by Gasteiger charge is -2.14. The highest BCUT2D eigenvalue weighted by molar-refractivity contribution is 6.74. The van der Waals surface area contributed by atoms with Crippen LogP contribution in [-0.2, 0) is 11.2 Å². The van der Waals surface area contributed by atoms with Gasteiger partial charge in [0.15, 0.2) is 14.1 Å². The van der Waals surface area contributed by atoms with Crippen LogP contribution in [0.25, 0.3) is 0 Å². The zero-order chi connectivity index (χ0) is 10.1. The second-order valence-electron chi connectivity index (χ2n) is 3.85. The number of aromatic nitrogens is 3. The molecule has 1 rings (SSSR count). The number of nitrogens with zero attached hydrogens (tertiary/aromatic N) is 3. The molecule has 5 nitrogen and oxygen atoms in total. The third-order valence-corrected chi connectivity index (χ3v) is 3.13. The van der Waals surface area contributed by atoms with Crippen LogP contribution in [0, 0.1) is 0 Å². The molecule has 0 saturated carbocycles. The Morgan fingerprint density at radius 2 is 2.23 bits per heavy atom. The van der Waals surface area contributed by atoms with Gasteiger partial charge >= 0.3 is 5.97 Å². The van der Waals surface area contributed by atoms with E-state index in [2.05, 4.69) is 29.7 Å². The number of hydrogen-bond donors (Lipinski definition) is 1. The molecular weight excluding hydrogens is 186 g/mol. The summed E-state index contributed by atoms with van der Waals surface area (Å²) in [5, 5.41) is 12.6. The number of hydrogen-bond acceptors (Lipinski definition) is 3. The molecule has 6 heteroatoms. The van der Waals surface area contributed by atoms with Crippen molar-refractivity contribution in [1.82, 2.24) is 14.4 Å². The highest BCUT2D eigenvalue weighted by atomic mass is 28.3. The molecule has 1 aromatic heterocycles. The second kappa shape index (κ2) is 3.29. The summed E-state index contributed by atoms with van der Waals surface area (Å²) in [5.41, 5.74) is 0. The SMILES string of the molecule is C[Si](C)(C)n1cnc(CC(=O)O)n1. The number of carboxylic acid groups (broad SMARTS) is 1. The zero-order valence-electron chi connectivity index (χ0n) is 7.98. The Hall–Kier alpha value is -1.17. The molecule has 0 aliphatic carbocycles. The molecule has 0 spiro atoms. The van der Waals surface area contributed by atoms with Crippen LogP contribution in [0.15, 0.2) is 6.33 Å². The Labute approximate surface area is 77.5 Å². The average molecular weight is 199 g/mol. The Morgan fingerprint density at radius 1 is 1.62 bits per heavy atom. The van der Waals surface area contributed by atoms with Gasteiger partial charge in [-0.25, -0.2) is 4.98 Å². The molecule has 0 aromatic carbocycles. The summed E-state index contributed by atoms with van der Waals surface area (Å²) >= 11 is 0. The minimum Gasteiger partial charge on any atom is -0.481 e. The monoisotopic (exact) mass is 199 g/mol. The van der Waals surface area contributed by atoms with Gasteiger partial charge in [0, 0.05) is 0 Å². The van der Waals surface area contributed by atoms with Gasteiger partial charge in [-0.2, -0.15) is 5.10 Å². The van der Waals surface area contributed by atoms with Crippen LogP contribution in [0.1, 0.15) is 5.82 Å². The molecular formula is C7H13N3O2Si. The minimum absolute atomic E-state index is 0.0997. The van der Waals surface area contributed by atoms with Gasteiger partial charge in [0.05, 0.1) is 0 Å². The molecule has 0 atom stereocenters. The lowest BCUT2D eigenvalue weighted by Crippen LogP contribution is -2.32. The van der Waals surface area contributed by atoms with Gasteiger partial charge in [0.2, 0.25) is 0 Å². The predicted molar refractivity (Wildman–Crippen MR) is 50.1 cm³/mol. The van der Waals surface area contributed by atoms with E-state index in [1.807, 2.05) is 0 Å². The molecule has 1 N–H and O–H groups in total. The lowest BCUT2D eigenvalue weighted by atomic mass is 10.4. The number of aliphatic carboxylic acids is 1. The fraction of sp³-hybridized carbons (Fsp3) is 0.571. The van der Waals surface area contributed by atoms with E-state index < -0.39 is 14.2 Å². The Bertz CT molecular complexity index is 316. The third kappa shape index (κ3) is 2.65. The van der Waals surface area contributed by atoms with Crippen molar-refractivity contribution in [2.45, 2.75) is 26.1 Å². The molecule has 0 fully saturated rings. The number of carbonyl (C=O) groups is 1. The fourth-order valence-electron chi connectivity index (χ4n) is 0.837. The topological polar surface area (TPSA) is 68.0 Å². The maximum absolute atomic E-state index is 10.3. The first-order chi connectivity index (χ1) is 5.89. The summed E-state index contributed by atoms with van der Waals surface area (Å²) < 4.78 is 1.80. The largest absolute Gasteiger partial charge is 0.481 e. The van der Waals surface area contributed by atoms with Gasteiger partial charge in [-0.3, -0.25) is 9.14 Å². The van der Waals surface area contributed by atoms with E-state index in [1.54, 1.807) is 10.7 Å². The van der Waals surface area contributed by atoms with Crippen molar-refractivity contribution < 1.29 is 9.90 Å². The van der Waals surface area contributed by atoms with E-state index in [9.17, 15) is 4.79 Å². The van der Waals surface area contributed by atoms with Gasteiger partial charge < -0.3 is 5.11 Å². The first-order valence-corrected chi connectivity index (χ1v) is 7.47. The Balaban J connectivity index is 2.81. The highest BCUT2D eigenvalue weighted by Crippen LogP contribution is 2.03. The van der Waals surface area contributed by atoms with Crippen molar-refractivity contribution in [3.63, 3.8) is 0 Å². The van der Waals surface area contributed by atoms with Gasteiger partial charge in [-0.15, -0.1) is 0 Å². The fourth-order valence-corrected chi connectivity index (χ4v) is 1.66. The summed E-state index contributed by atoms with van der Waals surface area (Å²) in [5.74, 6) is -0.511. The smallest absolute Gasteiger partial charge is 0.311 e. The summed E-state index contributed by atoms with van der Waals surface area (Å²) in [6.45, 7) is 6.35. The van der Waals surface area contributed by atoms with E-state index >= 15 is 0 Å². The molecule has 0 bridgehead atoms. The number of rotatable bonds is 3. The lowest BCUT2D eigenvalue weighted by molar-refractivity contribution is -0.136. The van der Waals surface area contributed by atoms with Gasteiger partial charge in [-0.1, -0.05) is 0 Å². The molecule has 0 aliphatic rings. The van der Waals surface area contributed by atoms with Crippen LogP contribution in [0.4, 0.5) is 0 Å². The summed E-state index contributed by atoms with van der Waals surface area (Å²) in [4.78, 5) is 14.3. The highest BCUT2D eigenvalue weighted by Gasteiger charge is 2.18. The van der Waals surface area contributed by atoms with Gasteiger partial charge in [-0.05, 0) is 19.6 Å². The molecule has 0 saturated heterocycles. The van der Waals surface area contributed by atoms with E-state index in [0.29, 0.717) is 5.82 Å². The summed E-state index contributed by atoms with van der Waals surface area (Å²) in [6, 6.07) is 0. The maximum Gasteiger partial charge on any atom is 0.311 e. The zero-order valence-corrected chi connectivity index (χ0v) is 8.98. The van der Waals surface area contributed by atoms with Crippen LogP contribution in [0.3, 0.4) is 0 Å². The average Bonchev–Trinajstić information content (AvgIpc) is 2.32. The Morgan fingerprint density at radius 3 is 2.62 bits per heavy atom. The quantitative estimate of drug-likeness (QED) is 0.723. The number of carboxylic acids is 1. The molecule has 72 valence electrons. The van der Waals surface area contributed by atoms with Crippen LogP contribution < -0.4 is 0 Å². The maximum atomic E-state index is 10.3. The standard InChI is InChI=1S/C7H13N3O2Si/c1-13(2,3)10-5-8-6(9-10)4-7(11)12/h5H,4H2,1-3H3,(H,11,12). The van der Waals surface area contributed by atoms with E-state index in [4.69, 9.17) is 5.11 Å². The van der Waals surface area contributed by atoms with Crippen LogP contribution >= 0.6 is 0 Å². The van der Waals surface area contributed by atoms with E-state index in [1.165, 1.54) is 0 Å². The van der Waals surface area contributed by atoms with E-state index in [-0.39, 0.29) is 6.42 Å². The molecule has 13 heavy (non-hydrogen) atoms. The third-order valence-electron chi connectivity index (χ3n) is 1.54. The van der Waals surface area contributed by atoms with Crippen LogP contribution in [0.2, 0.25) is 19.6 Å². The molecule has 1 heterocycles. The first kappa shape index (κ1) is 9.91. The molecule has 0 aliphatic heterocycles. The van der Waals surface area contributed by atoms with Gasteiger partial charge in [0.25, 0.3) is 0 Å². The molecule has 0 unspecified atom stereocenters. The van der Waals surface area contributed by atoms with Crippen molar-refractivity contribution in [3.05, 3.63) is 12.2 Å². The van der Waals surface area contributed by atoms with E-state index in [0.717, 1.165) is 0 Å². The second-order valence-corrected chi connectivity index (χ2v) is 8.65. The normalized spacial score (nSPS) is 11.6. The van der Waals surface area contributed by atoms with Crippen molar-refractivity contribution >= 4 is 14.2 Å². The van der Waals surface area contributed by atoms with Crippen molar-refractivity contribution in [3.8, 4) is 0 Å². The van der Waals surface area contributed by atoms with Crippen molar-refractivity contribution in [2.75, 3.05) is 0 Å². The predicted octanol–water partition coefficient (Wildman–Crippen LogP) is 0.588. The molecule has 0 radical (unpaired) electrons.